The number of hydrogen-bond donors (Lipinski definition) is 0. The van der Waals surface area contributed by atoms with Crippen molar-refractivity contribution >= 4 is 27.2 Å². The van der Waals surface area contributed by atoms with Gasteiger partial charge in [0, 0.05) is 23.2 Å². The molecule has 0 radical (unpaired) electrons. The average Bonchev–Trinajstić information content (AvgIpc) is 2.79. The lowest BCUT2D eigenvalue weighted by atomic mass is 10.1. The molecule has 0 aliphatic rings. The molecule has 0 N–H and O–H groups in total. The highest BCUT2D eigenvalue weighted by Crippen LogP contribution is 2.19. The molecule has 1 aromatic carbocycles. The maximum Gasteiger partial charge on any atom is 0.198 e. The Kier molecular flexibility index (Phi) is 3.29. The zero-order valence-electron chi connectivity index (χ0n) is 9.94. The van der Waals surface area contributed by atoms with Crippen LogP contribution in [0.1, 0.15) is 11.5 Å². The molecule has 0 saturated heterocycles. The molecule has 0 spiro atoms. The maximum atomic E-state index is 13.5. The Hall–Kier alpha value is -1.75. The van der Waals surface area contributed by atoms with Crippen LogP contribution in [0.5, 0.6) is 0 Å². The molecule has 19 heavy (non-hydrogen) atoms. The van der Waals surface area contributed by atoms with E-state index in [1.165, 1.54) is 6.07 Å². The first-order valence-corrected chi connectivity index (χ1v) is 6.66. The normalized spacial score (nSPS) is 11.1. The Morgan fingerprint density at radius 1 is 1.21 bits per heavy atom. The van der Waals surface area contributed by atoms with Gasteiger partial charge in [-0.3, -0.25) is 0 Å². The van der Waals surface area contributed by atoms with Gasteiger partial charge in [-0.2, -0.15) is 4.98 Å². The summed E-state index contributed by atoms with van der Waals surface area (Å²) in [6, 6.07) is 8.55. The largest absolute Gasteiger partial charge is 0.439 e. The summed E-state index contributed by atoms with van der Waals surface area (Å²) in [6.45, 7) is 0. The minimum atomic E-state index is -0.195. The Morgan fingerprint density at radius 3 is 2.89 bits per heavy atom. The minimum Gasteiger partial charge on any atom is -0.439 e. The zero-order chi connectivity index (χ0) is 13.2. The van der Waals surface area contributed by atoms with Crippen LogP contribution in [0.3, 0.4) is 0 Å². The third-order valence-corrected chi connectivity index (χ3v) is 3.26. The molecule has 2 heterocycles. The van der Waals surface area contributed by atoms with Crippen LogP contribution in [0.25, 0.3) is 11.2 Å². The standard InChI is InChI=1S/C14H10BrFN2O/c15-10-7-12-14(17-8-10)18-13(19-12)6-5-9-3-1-2-4-11(9)16/h1-4,7-8H,5-6H2. The SMILES string of the molecule is Fc1ccccc1CCc1nc2ncc(Br)cc2o1. The van der Waals surface area contributed by atoms with Crippen molar-refractivity contribution in [3.8, 4) is 0 Å². The second-order valence-corrected chi connectivity index (χ2v) is 5.09. The van der Waals surface area contributed by atoms with Gasteiger partial charge in [0.05, 0.1) is 0 Å². The van der Waals surface area contributed by atoms with Crippen LogP contribution in [0.15, 0.2) is 45.4 Å². The third-order valence-electron chi connectivity index (χ3n) is 2.82. The molecule has 0 aliphatic heterocycles. The molecule has 0 bridgehead atoms. The van der Waals surface area contributed by atoms with Gasteiger partial charge in [0.1, 0.15) is 5.82 Å². The van der Waals surface area contributed by atoms with Crippen LogP contribution in [0, 0.1) is 5.82 Å². The summed E-state index contributed by atoms with van der Waals surface area (Å²) in [4.78, 5) is 8.43. The van der Waals surface area contributed by atoms with Crippen LogP contribution < -0.4 is 0 Å². The number of aromatic nitrogens is 2. The summed E-state index contributed by atoms with van der Waals surface area (Å²) in [6.07, 6.45) is 2.78. The van der Waals surface area contributed by atoms with Crippen molar-refractivity contribution < 1.29 is 8.81 Å². The third kappa shape index (κ3) is 2.66. The van der Waals surface area contributed by atoms with Crippen LogP contribution in [0.4, 0.5) is 4.39 Å². The van der Waals surface area contributed by atoms with Crippen LogP contribution in [0.2, 0.25) is 0 Å². The van der Waals surface area contributed by atoms with Crippen molar-refractivity contribution in [3.05, 3.63) is 58.3 Å². The van der Waals surface area contributed by atoms with Gasteiger partial charge in [-0.05, 0) is 34.0 Å². The number of oxazole rings is 1. The highest BCUT2D eigenvalue weighted by molar-refractivity contribution is 9.10. The molecule has 0 saturated carbocycles. The van der Waals surface area contributed by atoms with E-state index in [9.17, 15) is 4.39 Å². The van der Waals surface area contributed by atoms with Gasteiger partial charge in [0.25, 0.3) is 0 Å². The van der Waals surface area contributed by atoms with Crippen LogP contribution in [-0.2, 0) is 12.8 Å². The Morgan fingerprint density at radius 2 is 2.05 bits per heavy atom. The lowest BCUT2D eigenvalue weighted by Crippen LogP contribution is -1.94. The number of rotatable bonds is 3. The second-order valence-electron chi connectivity index (χ2n) is 4.17. The number of aryl methyl sites for hydroxylation is 2. The predicted octanol–water partition coefficient (Wildman–Crippen LogP) is 3.91. The topological polar surface area (TPSA) is 38.9 Å². The predicted molar refractivity (Wildman–Crippen MR) is 73.3 cm³/mol. The number of hydrogen-bond acceptors (Lipinski definition) is 3. The van der Waals surface area contributed by atoms with E-state index in [4.69, 9.17) is 4.42 Å². The number of nitrogens with zero attached hydrogens (tertiary/aromatic N) is 2. The van der Waals surface area contributed by atoms with Crippen molar-refractivity contribution in [2.75, 3.05) is 0 Å². The molecule has 0 amide bonds. The quantitative estimate of drug-likeness (QED) is 0.734. The summed E-state index contributed by atoms with van der Waals surface area (Å²) < 4.78 is 19.9. The molecule has 5 heteroatoms. The number of halogens is 2. The summed E-state index contributed by atoms with van der Waals surface area (Å²) in [5.74, 6) is 0.378. The molecule has 2 aromatic heterocycles. The van der Waals surface area contributed by atoms with Crippen LogP contribution >= 0.6 is 15.9 Å². The highest BCUT2D eigenvalue weighted by Gasteiger charge is 2.08. The monoisotopic (exact) mass is 320 g/mol. The minimum absolute atomic E-state index is 0.195. The molecular weight excluding hydrogens is 311 g/mol. The van der Waals surface area contributed by atoms with E-state index in [0.717, 1.165) is 4.47 Å². The summed E-state index contributed by atoms with van der Waals surface area (Å²) >= 11 is 3.33. The Balaban J connectivity index is 1.80. The smallest absolute Gasteiger partial charge is 0.198 e. The molecule has 0 fully saturated rings. The van der Waals surface area contributed by atoms with E-state index >= 15 is 0 Å². The zero-order valence-corrected chi connectivity index (χ0v) is 11.5. The van der Waals surface area contributed by atoms with Gasteiger partial charge in [-0.15, -0.1) is 0 Å². The molecule has 0 atom stereocenters. The molecule has 3 rings (SSSR count). The maximum absolute atomic E-state index is 13.5. The summed E-state index contributed by atoms with van der Waals surface area (Å²) in [5, 5.41) is 0. The first-order chi connectivity index (χ1) is 9.22. The van der Waals surface area contributed by atoms with Gasteiger partial charge < -0.3 is 4.42 Å². The van der Waals surface area contributed by atoms with E-state index in [0.29, 0.717) is 35.5 Å². The number of pyridine rings is 1. The molecular formula is C14H10BrFN2O. The number of benzene rings is 1. The fourth-order valence-corrected chi connectivity index (χ4v) is 2.20. The summed E-state index contributed by atoms with van der Waals surface area (Å²) in [7, 11) is 0. The van der Waals surface area contributed by atoms with E-state index in [1.54, 1.807) is 18.3 Å². The number of fused-ring (bicyclic) bond motifs is 1. The van der Waals surface area contributed by atoms with Crippen molar-refractivity contribution in [3.63, 3.8) is 0 Å². The average molecular weight is 321 g/mol. The molecule has 3 nitrogen and oxygen atoms in total. The van der Waals surface area contributed by atoms with Crippen molar-refractivity contribution in [1.82, 2.24) is 9.97 Å². The fourth-order valence-electron chi connectivity index (χ4n) is 1.89. The first-order valence-electron chi connectivity index (χ1n) is 5.87. The van der Waals surface area contributed by atoms with E-state index in [2.05, 4.69) is 25.9 Å². The molecule has 0 aliphatic carbocycles. The van der Waals surface area contributed by atoms with E-state index < -0.39 is 0 Å². The Bertz CT molecular complexity index is 726. The Labute approximate surface area is 117 Å². The van der Waals surface area contributed by atoms with Gasteiger partial charge in [-0.1, -0.05) is 18.2 Å². The highest BCUT2D eigenvalue weighted by atomic mass is 79.9. The van der Waals surface area contributed by atoms with E-state index in [-0.39, 0.29) is 5.82 Å². The van der Waals surface area contributed by atoms with Crippen molar-refractivity contribution in [2.24, 2.45) is 0 Å². The van der Waals surface area contributed by atoms with Crippen LogP contribution in [-0.4, -0.2) is 9.97 Å². The summed E-state index contributed by atoms with van der Waals surface area (Å²) in [5.41, 5.74) is 1.88. The van der Waals surface area contributed by atoms with Gasteiger partial charge >= 0.3 is 0 Å². The van der Waals surface area contributed by atoms with Crippen molar-refractivity contribution in [1.29, 1.82) is 0 Å². The lowest BCUT2D eigenvalue weighted by molar-refractivity contribution is 0.523. The van der Waals surface area contributed by atoms with Crippen molar-refractivity contribution in [2.45, 2.75) is 12.8 Å². The lowest BCUT2D eigenvalue weighted by Gasteiger charge is -1.99. The first kappa shape index (κ1) is 12.3. The van der Waals surface area contributed by atoms with Gasteiger partial charge in [-0.25, -0.2) is 9.37 Å². The van der Waals surface area contributed by atoms with Gasteiger partial charge in [0.2, 0.25) is 0 Å². The second kappa shape index (κ2) is 5.09. The molecule has 96 valence electrons. The molecule has 0 unspecified atom stereocenters. The molecule has 3 aromatic rings. The van der Waals surface area contributed by atoms with Gasteiger partial charge in [0.15, 0.2) is 17.1 Å². The fraction of sp³-hybridized carbons (Fsp3) is 0.143. The van der Waals surface area contributed by atoms with E-state index in [1.807, 2.05) is 12.1 Å².